The van der Waals surface area contributed by atoms with Crippen molar-refractivity contribution in [3.63, 3.8) is 0 Å². The Kier molecular flexibility index (Phi) is 5.48. The molecule has 1 amide bonds. The van der Waals surface area contributed by atoms with Gasteiger partial charge >= 0.3 is 11.9 Å². The van der Waals surface area contributed by atoms with Crippen LogP contribution in [-0.4, -0.2) is 68.7 Å². The minimum atomic E-state index is -3.72. The summed E-state index contributed by atoms with van der Waals surface area (Å²) in [4.78, 5) is 36.5. The third-order valence-electron chi connectivity index (χ3n) is 4.09. The minimum Gasteiger partial charge on any atom is -0.461 e. The van der Waals surface area contributed by atoms with E-state index in [9.17, 15) is 22.8 Å². The van der Waals surface area contributed by atoms with E-state index in [0.29, 0.717) is 0 Å². The van der Waals surface area contributed by atoms with E-state index in [0.717, 1.165) is 4.90 Å². The second-order valence-corrected chi connectivity index (χ2v) is 9.32. The van der Waals surface area contributed by atoms with Gasteiger partial charge in [-0.05, 0) is 20.8 Å². The molecule has 2 heterocycles. The maximum Gasteiger partial charge on any atom is 0.311 e. The number of esters is 2. The molecule has 0 N–H and O–H groups in total. The van der Waals surface area contributed by atoms with Crippen molar-refractivity contribution in [2.75, 3.05) is 26.1 Å². The van der Waals surface area contributed by atoms with Crippen LogP contribution in [0.5, 0.6) is 0 Å². The van der Waals surface area contributed by atoms with Crippen LogP contribution in [0.1, 0.15) is 27.7 Å². The fourth-order valence-electron chi connectivity index (χ4n) is 2.71. The number of hydrogen-bond acceptors (Lipinski definition) is 8. The third-order valence-corrected chi connectivity index (χ3v) is 6.04. The molecule has 0 aromatic rings. The Balaban J connectivity index is 2.36. The summed E-state index contributed by atoms with van der Waals surface area (Å²) < 4.78 is 40.1. The standard InChI is InChI=1S/C16H23NO8S/c1-9(18)24-6-10-8-26(21,22)14-12(23-5)13(19)17(14)11(10)7-25-15(20)16(2,3)4/h12,14H,6-8H2,1-5H3/t12-,14+/m0/s1. The summed E-state index contributed by atoms with van der Waals surface area (Å²) in [5, 5.41) is -1.16. The van der Waals surface area contributed by atoms with Crippen molar-refractivity contribution in [3.8, 4) is 0 Å². The highest BCUT2D eigenvalue weighted by Crippen LogP contribution is 2.38. The summed E-state index contributed by atoms with van der Waals surface area (Å²) in [6, 6.07) is 0. The van der Waals surface area contributed by atoms with Crippen molar-refractivity contribution in [3.05, 3.63) is 11.3 Å². The average Bonchev–Trinajstić information content (AvgIpc) is 2.50. The van der Waals surface area contributed by atoms with Crippen molar-refractivity contribution < 1.29 is 37.0 Å². The van der Waals surface area contributed by atoms with Crippen molar-refractivity contribution in [2.24, 2.45) is 5.41 Å². The van der Waals surface area contributed by atoms with E-state index >= 15 is 0 Å². The SMILES string of the molecule is CO[C@H]1C(=O)N2C(COC(=O)C(C)(C)C)=C(COC(C)=O)CS(=O)(=O)[C@H]12. The zero-order valence-corrected chi connectivity index (χ0v) is 16.2. The quantitative estimate of drug-likeness (QED) is 0.477. The van der Waals surface area contributed by atoms with E-state index in [4.69, 9.17) is 14.2 Å². The zero-order chi connectivity index (χ0) is 19.9. The third kappa shape index (κ3) is 3.75. The van der Waals surface area contributed by atoms with Crippen molar-refractivity contribution >= 4 is 27.7 Å². The van der Waals surface area contributed by atoms with Crippen molar-refractivity contribution in [1.29, 1.82) is 0 Å². The van der Waals surface area contributed by atoms with Crippen LogP contribution < -0.4 is 0 Å². The van der Waals surface area contributed by atoms with Gasteiger partial charge in [0, 0.05) is 19.6 Å². The summed E-state index contributed by atoms with van der Waals surface area (Å²) in [5.41, 5.74) is -0.326. The number of carbonyl (C=O) groups excluding carboxylic acids is 3. The first-order chi connectivity index (χ1) is 11.9. The number of amides is 1. The number of carbonyl (C=O) groups is 3. The second kappa shape index (κ2) is 6.99. The Hall–Kier alpha value is -1.94. The molecule has 0 aliphatic carbocycles. The molecular formula is C16H23NO8S. The molecular weight excluding hydrogens is 366 g/mol. The molecule has 2 atom stereocenters. The molecule has 0 unspecified atom stereocenters. The molecule has 0 bridgehead atoms. The number of sulfone groups is 1. The van der Waals surface area contributed by atoms with Crippen LogP contribution in [0.4, 0.5) is 0 Å². The maximum absolute atomic E-state index is 12.5. The average molecular weight is 389 g/mol. The monoisotopic (exact) mass is 389 g/mol. The van der Waals surface area contributed by atoms with Crippen LogP contribution in [-0.2, 0) is 38.4 Å². The van der Waals surface area contributed by atoms with E-state index in [1.807, 2.05) is 0 Å². The lowest BCUT2D eigenvalue weighted by atomic mass is 9.97. The predicted octanol–water partition coefficient (Wildman–Crippen LogP) is 0.00460. The minimum absolute atomic E-state index is 0.209. The Labute approximate surface area is 152 Å². The fraction of sp³-hybridized carbons (Fsp3) is 0.688. The lowest BCUT2D eigenvalue weighted by Crippen LogP contribution is -2.70. The summed E-state index contributed by atoms with van der Waals surface area (Å²) in [6.45, 7) is 5.62. The topological polar surface area (TPSA) is 116 Å². The summed E-state index contributed by atoms with van der Waals surface area (Å²) in [7, 11) is -2.47. The first kappa shape index (κ1) is 20.4. The Morgan fingerprint density at radius 3 is 2.31 bits per heavy atom. The molecule has 0 radical (unpaired) electrons. The Morgan fingerprint density at radius 2 is 1.81 bits per heavy atom. The molecule has 2 aliphatic rings. The number of methoxy groups -OCH3 is 1. The molecule has 10 heteroatoms. The van der Waals surface area contributed by atoms with Gasteiger partial charge in [-0.1, -0.05) is 0 Å². The molecule has 2 rings (SSSR count). The number of rotatable bonds is 5. The van der Waals surface area contributed by atoms with Gasteiger partial charge in [-0.2, -0.15) is 0 Å². The Bertz CT molecular complexity index is 762. The van der Waals surface area contributed by atoms with Gasteiger partial charge in [0.2, 0.25) is 0 Å². The Morgan fingerprint density at radius 1 is 1.19 bits per heavy atom. The lowest BCUT2D eigenvalue weighted by Gasteiger charge is -2.49. The molecule has 0 spiro atoms. The fourth-order valence-corrected chi connectivity index (χ4v) is 4.77. The largest absolute Gasteiger partial charge is 0.461 e. The molecule has 0 aromatic carbocycles. The van der Waals surface area contributed by atoms with Crippen LogP contribution in [0.15, 0.2) is 11.3 Å². The lowest BCUT2D eigenvalue weighted by molar-refractivity contribution is -0.163. The number of nitrogens with zero attached hydrogens (tertiary/aromatic N) is 1. The van der Waals surface area contributed by atoms with Crippen LogP contribution in [0.2, 0.25) is 0 Å². The smallest absolute Gasteiger partial charge is 0.311 e. The highest BCUT2D eigenvalue weighted by Gasteiger charge is 2.59. The number of ether oxygens (including phenoxy) is 3. The normalized spacial score (nSPS) is 24.7. The molecule has 0 aromatic heterocycles. The number of fused-ring (bicyclic) bond motifs is 1. The van der Waals surface area contributed by atoms with Gasteiger partial charge in [-0.25, -0.2) is 8.42 Å². The van der Waals surface area contributed by atoms with Crippen LogP contribution >= 0.6 is 0 Å². The summed E-state index contributed by atoms with van der Waals surface area (Å²) in [6.07, 6.45) is -1.09. The first-order valence-electron chi connectivity index (χ1n) is 7.99. The molecule has 146 valence electrons. The highest BCUT2D eigenvalue weighted by atomic mass is 32.2. The maximum atomic E-state index is 12.5. The molecule has 9 nitrogen and oxygen atoms in total. The van der Waals surface area contributed by atoms with Crippen molar-refractivity contribution in [1.82, 2.24) is 4.90 Å². The molecule has 1 fully saturated rings. The molecule has 2 aliphatic heterocycles. The summed E-state index contributed by atoms with van der Waals surface area (Å²) in [5.74, 6) is -2.04. The summed E-state index contributed by atoms with van der Waals surface area (Å²) >= 11 is 0. The van der Waals surface area contributed by atoms with Gasteiger partial charge in [-0.15, -0.1) is 0 Å². The predicted molar refractivity (Wildman–Crippen MR) is 89.3 cm³/mol. The van der Waals surface area contributed by atoms with Gasteiger partial charge in [0.15, 0.2) is 21.3 Å². The second-order valence-electron chi connectivity index (χ2n) is 7.22. The van der Waals surface area contributed by atoms with E-state index in [2.05, 4.69) is 0 Å². The van der Waals surface area contributed by atoms with E-state index in [1.165, 1.54) is 14.0 Å². The first-order valence-corrected chi connectivity index (χ1v) is 9.70. The van der Waals surface area contributed by atoms with E-state index in [1.54, 1.807) is 20.8 Å². The van der Waals surface area contributed by atoms with Crippen LogP contribution in [0.25, 0.3) is 0 Å². The molecule has 1 saturated heterocycles. The number of hydrogen-bond donors (Lipinski definition) is 0. The van der Waals surface area contributed by atoms with Crippen LogP contribution in [0.3, 0.4) is 0 Å². The van der Waals surface area contributed by atoms with Gasteiger partial charge in [0.25, 0.3) is 5.91 Å². The van der Waals surface area contributed by atoms with Gasteiger partial charge < -0.3 is 14.2 Å². The van der Waals surface area contributed by atoms with Crippen LogP contribution in [0, 0.1) is 5.41 Å². The van der Waals surface area contributed by atoms with Gasteiger partial charge in [0.05, 0.1) is 16.9 Å². The van der Waals surface area contributed by atoms with Gasteiger partial charge in [-0.3, -0.25) is 19.3 Å². The van der Waals surface area contributed by atoms with Crippen molar-refractivity contribution in [2.45, 2.75) is 39.2 Å². The molecule has 0 saturated carbocycles. The molecule has 26 heavy (non-hydrogen) atoms. The van der Waals surface area contributed by atoms with E-state index < -0.39 is 50.3 Å². The van der Waals surface area contributed by atoms with Gasteiger partial charge in [0.1, 0.15) is 13.2 Å². The number of β-lactam (4-membered cyclic amide) rings is 1. The van der Waals surface area contributed by atoms with E-state index in [-0.39, 0.29) is 24.5 Å². The highest BCUT2D eigenvalue weighted by molar-refractivity contribution is 7.92. The zero-order valence-electron chi connectivity index (χ0n) is 15.4.